The molecule has 0 saturated carbocycles. The summed E-state index contributed by atoms with van der Waals surface area (Å²) >= 11 is 1.92. The minimum Gasteiger partial charge on any atom is -0.135 e. The third-order valence-electron chi connectivity index (χ3n) is 4.42. The molecule has 0 radical (unpaired) electrons. The lowest BCUT2D eigenvalue weighted by Crippen LogP contribution is -1.87. The van der Waals surface area contributed by atoms with Crippen LogP contribution in [0.5, 0.6) is 0 Å². The van der Waals surface area contributed by atoms with E-state index in [9.17, 15) is 0 Å². The maximum absolute atomic E-state index is 2.36. The topological polar surface area (TPSA) is 0 Å². The van der Waals surface area contributed by atoms with Crippen molar-refractivity contribution in [3.05, 3.63) is 59.2 Å². The van der Waals surface area contributed by atoms with Crippen molar-refractivity contribution in [3.63, 3.8) is 0 Å². The van der Waals surface area contributed by atoms with Gasteiger partial charge in [-0.1, -0.05) is 30.3 Å². The summed E-state index contributed by atoms with van der Waals surface area (Å²) in [6.07, 6.45) is 0. The van der Waals surface area contributed by atoms with Gasteiger partial charge in [-0.25, -0.2) is 0 Å². The Labute approximate surface area is 122 Å². The standard InChI is InChI=1S/C19H16S/c1-11-8-9-14-10-16-15-6-4-5-7-17(15)20-19(16)13(3)18(14)12(11)2/h4-10H,1-3H3. The molecule has 0 N–H and O–H groups in total. The summed E-state index contributed by atoms with van der Waals surface area (Å²) in [5.74, 6) is 0. The molecule has 20 heavy (non-hydrogen) atoms. The summed E-state index contributed by atoms with van der Waals surface area (Å²) in [6.45, 7) is 6.71. The van der Waals surface area contributed by atoms with Crippen molar-refractivity contribution in [2.75, 3.05) is 0 Å². The second-order valence-corrected chi connectivity index (χ2v) is 6.63. The van der Waals surface area contributed by atoms with E-state index in [1.165, 1.54) is 47.6 Å². The molecule has 0 nitrogen and oxygen atoms in total. The van der Waals surface area contributed by atoms with E-state index in [0.29, 0.717) is 0 Å². The summed E-state index contributed by atoms with van der Waals surface area (Å²) < 4.78 is 2.82. The van der Waals surface area contributed by atoms with Crippen molar-refractivity contribution in [2.24, 2.45) is 0 Å². The fraction of sp³-hybridized carbons (Fsp3) is 0.158. The lowest BCUT2D eigenvalue weighted by atomic mass is 9.95. The molecule has 98 valence electrons. The maximum atomic E-state index is 2.36. The molecular weight excluding hydrogens is 260 g/mol. The second kappa shape index (κ2) is 4.07. The van der Waals surface area contributed by atoms with Gasteiger partial charge in [-0.3, -0.25) is 0 Å². The Morgan fingerprint density at radius 3 is 2.45 bits per heavy atom. The Morgan fingerprint density at radius 2 is 1.60 bits per heavy atom. The van der Waals surface area contributed by atoms with Crippen LogP contribution in [-0.2, 0) is 0 Å². The van der Waals surface area contributed by atoms with Crippen LogP contribution in [-0.4, -0.2) is 0 Å². The fourth-order valence-corrected chi connectivity index (χ4v) is 4.40. The van der Waals surface area contributed by atoms with Crippen molar-refractivity contribution in [1.82, 2.24) is 0 Å². The third kappa shape index (κ3) is 1.47. The molecule has 3 aromatic carbocycles. The van der Waals surface area contributed by atoms with Crippen molar-refractivity contribution < 1.29 is 0 Å². The molecule has 0 unspecified atom stereocenters. The predicted octanol–water partition coefficient (Wildman–Crippen LogP) is 6.13. The van der Waals surface area contributed by atoms with E-state index >= 15 is 0 Å². The van der Waals surface area contributed by atoms with Gasteiger partial charge in [-0.15, -0.1) is 11.3 Å². The van der Waals surface area contributed by atoms with Crippen molar-refractivity contribution in [1.29, 1.82) is 0 Å². The molecule has 0 aliphatic carbocycles. The number of rotatable bonds is 0. The molecule has 1 heteroatoms. The van der Waals surface area contributed by atoms with Crippen LogP contribution >= 0.6 is 11.3 Å². The summed E-state index contributed by atoms with van der Waals surface area (Å²) in [4.78, 5) is 0. The molecule has 0 spiro atoms. The van der Waals surface area contributed by atoms with Crippen LogP contribution in [0.3, 0.4) is 0 Å². The summed E-state index contributed by atoms with van der Waals surface area (Å²) in [6, 6.07) is 15.6. The SMILES string of the molecule is Cc1ccc2cc3c(sc4ccccc43)c(C)c2c1C. The number of thiophene rings is 1. The van der Waals surface area contributed by atoms with Crippen LogP contribution in [0, 0.1) is 20.8 Å². The molecule has 1 heterocycles. The molecule has 0 fully saturated rings. The van der Waals surface area contributed by atoms with Gasteiger partial charge in [0.25, 0.3) is 0 Å². The average Bonchev–Trinajstić information content (AvgIpc) is 2.82. The normalized spacial score (nSPS) is 11.8. The minimum atomic E-state index is 1.36. The zero-order valence-corrected chi connectivity index (χ0v) is 12.8. The van der Waals surface area contributed by atoms with Gasteiger partial charge in [0.05, 0.1) is 0 Å². The number of hydrogen-bond donors (Lipinski definition) is 0. The molecule has 0 aliphatic rings. The highest BCUT2D eigenvalue weighted by Crippen LogP contribution is 2.40. The van der Waals surface area contributed by atoms with E-state index in [1.54, 1.807) is 0 Å². The Hall–Kier alpha value is -1.86. The zero-order valence-electron chi connectivity index (χ0n) is 11.9. The van der Waals surface area contributed by atoms with E-state index < -0.39 is 0 Å². The molecule has 0 saturated heterocycles. The molecule has 1 aromatic heterocycles. The van der Waals surface area contributed by atoms with Gasteiger partial charge in [-0.05, 0) is 60.4 Å². The fourth-order valence-electron chi connectivity index (χ4n) is 3.21. The first-order valence-electron chi connectivity index (χ1n) is 6.97. The summed E-state index contributed by atoms with van der Waals surface area (Å²) in [5, 5.41) is 5.58. The number of benzene rings is 3. The summed E-state index contributed by atoms with van der Waals surface area (Å²) in [7, 11) is 0. The van der Waals surface area contributed by atoms with Crippen molar-refractivity contribution >= 4 is 42.3 Å². The van der Waals surface area contributed by atoms with Crippen LogP contribution in [0.4, 0.5) is 0 Å². The molecule has 0 atom stereocenters. The first-order chi connectivity index (χ1) is 9.66. The molecular formula is C19H16S. The van der Waals surface area contributed by atoms with Gasteiger partial charge in [0.2, 0.25) is 0 Å². The molecule has 4 rings (SSSR count). The molecule has 0 amide bonds. The molecule has 0 bridgehead atoms. The van der Waals surface area contributed by atoms with Gasteiger partial charge in [0, 0.05) is 20.2 Å². The Bertz CT molecular complexity index is 973. The maximum Gasteiger partial charge on any atom is 0.0391 e. The molecule has 4 aromatic rings. The van der Waals surface area contributed by atoms with Crippen molar-refractivity contribution in [3.8, 4) is 0 Å². The van der Waals surface area contributed by atoms with Gasteiger partial charge in [0.15, 0.2) is 0 Å². The number of hydrogen-bond acceptors (Lipinski definition) is 1. The summed E-state index contributed by atoms with van der Waals surface area (Å²) in [5.41, 5.74) is 4.22. The largest absolute Gasteiger partial charge is 0.135 e. The first kappa shape index (κ1) is 11.9. The third-order valence-corrected chi connectivity index (χ3v) is 5.72. The Balaban J connectivity index is 2.31. The van der Waals surface area contributed by atoms with Crippen LogP contribution in [0.15, 0.2) is 42.5 Å². The highest BCUT2D eigenvalue weighted by Gasteiger charge is 2.12. The van der Waals surface area contributed by atoms with Crippen LogP contribution in [0.2, 0.25) is 0 Å². The number of fused-ring (bicyclic) bond motifs is 4. The Morgan fingerprint density at radius 1 is 0.800 bits per heavy atom. The van der Waals surface area contributed by atoms with Crippen molar-refractivity contribution in [2.45, 2.75) is 20.8 Å². The zero-order chi connectivity index (χ0) is 13.9. The van der Waals surface area contributed by atoms with Gasteiger partial charge < -0.3 is 0 Å². The van der Waals surface area contributed by atoms with Crippen LogP contribution in [0.1, 0.15) is 16.7 Å². The van der Waals surface area contributed by atoms with Gasteiger partial charge >= 0.3 is 0 Å². The predicted molar refractivity (Wildman–Crippen MR) is 91.0 cm³/mol. The molecule has 0 aliphatic heterocycles. The minimum absolute atomic E-state index is 1.36. The highest BCUT2D eigenvalue weighted by atomic mass is 32.1. The van der Waals surface area contributed by atoms with E-state index in [4.69, 9.17) is 0 Å². The highest BCUT2D eigenvalue weighted by molar-refractivity contribution is 7.26. The van der Waals surface area contributed by atoms with E-state index in [0.717, 1.165) is 0 Å². The number of aryl methyl sites for hydroxylation is 3. The smallest absolute Gasteiger partial charge is 0.0391 e. The van der Waals surface area contributed by atoms with E-state index in [-0.39, 0.29) is 0 Å². The Kier molecular flexibility index (Phi) is 2.42. The second-order valence-electron chi connectivity index (χ2n) is 5.58. The van der Waals surface area contributed by atoms with Crippen LogP contribution < -0.4 is 0 Å². The lowest BCUT2D eigenvalue weighted by molar-refractivity contribution is 1.37. The average molecular weight is 276 g/mol. The van der Waals surface area contributed by atoms with Crippen LogP contribution in [0.25, 0.3) is 30.9 Å². The van der Waals surface area contributed by atoms with E-state index in [1.807, 2.05) is 11.3 Å². The monoisotopic (exact) mass is 276 g/mol. The first-order valence-corrected chi connectivity index (χ1v) is 7.79. The quantitative estimate of drug-likeness (QED) is 0.362. The van der Waals surface area contributed by atoms with E-state index in [2.05, 4.69) is 63.2 Å². The van der Waals surface area contributed by atoms with Gasteiger partial charge in [-0.2, -0.15) is 0 Å². The van der Waals surface area contributed by atoms with Gasteiger partial charge in [0.1, 0.15) is 0 Å². The lowest BCUT2D eigenvalue weighted by Gasteiger charge is -2.10.